The molecule has 0 aromatic rings. The van der Waals surface area contributed by atoms with E-state index in [1.54, 1.807) is 10.8 Å². The van der Waals surface area contributed by atoms with Gasteiger partial charge in [-0.25, -0.2) is 0 Å². The minimum atomic E-state index is -1.72. The second-order valence-corrected chi connectivity index (χ2v) is 12.9. The summed E-state index contributed by atoms with van der Waals surface area (Å²) in [6.45, 7) is 11.2. The average Bonchev–Trinajstić information content (AvgIpc) is 2.06. The maximum atomic E-state index is 9.86. The highest BCUT2D eigenvalue weighted by Gasteiger charge is 2.41. The summed E-state index contributed by atoms with van der Waals surface area (Å²) in [5.74, 6) is 1.71. The number of rotatable bonds is 2. The van der Waals surface area contributed by atoms with Crippen molar-refractivity contribution in [2.45, 2.75) is 51.1 Å². The van der Waals surface area contributed by atoms with Crippen molar-refractivity contribution in [3.8, 4) is 0 Å². The van der Waals surface area contributed by atoms with Crippen LogP contribution in [0.4, 0.5) is 0 Å². The van der Waals surface area contributed by atoms with Crippen LogP contribution < -0.4 is 0 Å². The van der Waals surface area contributed by atoms with E-state index in [0.717, 1.165) is 11.5 Å². The van der Waals surface area contributed by atoms with Gasteiger partial charge in [0.2, 0.25) is 0 Å². The molecule has 1 saturated heterocycles. The van der Waals surface area contributed by atoms with Crippen LogP contribution in [-0.4, -0.2) is 37.1 Å². The van der Waals surface area contributed by atoms with Crippen LogP contribution >= 0.6 is 21.6 Å². The fraction of sp³-hybridized carbons (Fsp3) is 1.00. The summed E-state index contributed by atoms with van der Waals surface area (Å²) in [4.78, 5) is 0. The van der Waals surface area contributed by atoms with Gasteiger partial charge in [-0.15, -0.1) is 0 Å². The first kappa shape index (κ1) is 13.9. The Balaban J connectivity index is 2.59. The van der Waals surface area contributed by atoms with Crippen LogP contribution in [-0.2, 0) is 4.43 Å². The van der Waals surface area contributed by atoms with Crippen molar-refractivity contribution >= 4 is 29.9 Å². The van der Waals surface area contributed by atoms with Gasteiger partial charge in [-0.2, -0.15) is 0 Å². The predicted molar refractivity (Wildman–Crippen MR) is 73.0 cm³/mol. The number of aliphatic hydroxyl groups excluding tert-OH is 1. The van der Waals surface area contributed by atoms with Crippen LogP contribution in [0.1, 0.15) is 20.8 Å². The SMILES string of the molecule is CC(C)(C)[Si](C)(C)O[C@@H]1CSSC[C@H]1O. The maximum Gasteiger partial charge on any atom is 0.192 e. The van der Waals surface area contributed by atoms with Gasteiger partial charge in [0.05, 0.1) is 12.2 Å². The molecule has 0 aromatic carbocycles. The number of hydrogen-bond acceptors (Lipinski definition) is 4. The van der Waals surface area contributed by atoms with Crippen LogP contribution in [0.2, 0.25) is 18.1 Å². The quantitative estimate of drug-likeness (QED) is 0.614. The molecule has 1 N–H and O–H groups in total. The summed E-state index contributed by atoms with van der Waals surface area (Å²) in [6.07, 6.45) is -0.248. The first-order valence-corrected chi connectivity index (χ1v) is 10.7. The molecular weight excluding hydrogens is 244 g/mol. The Morgan fingerprint density at radius 3 is 2.20 bits per heavy atom. The zero-order chi connectivity index (χ0) is 11.7. The van der Waals surface area contributed by atoms with E-state index in [9.17, 15) is 5.11 Å². The van der Waals surface area contributed by atoms with Crippen molar-refractivity contribution in [1.82, 2.24) is 0 Å². The molecule has 5 heteroatoms. The fourth-order valence-corrected chi connectivity index (χ4v) is 4.96. The molecule has 0 amide bonds. The molecule has 1 aliphatic heterocycles. The van der Waals surface area contributed by atoms with Gasteiger partial charge in [-0.1, -0.05) is 42.4 Å². The Kier molecular flexibility index (Phi) is 4.63. The van der Waals surface area contributed by atoms with Gasteiger partial charge in [-0.3, -0.25) is 0 Å². The van der Waals surface area contributed by atoms with Gasteiger partial charge < -0.3 is 9.53 Å². The van der Waals surface area contributed by atoms with E-state index in [2.05, 4.69) is 33.9 Å². The lowest BCUT2D eigenvalue weighted by Gasteiger charge is -2.41. The topological polar surface area (TPSA) is 29.5 Å². The van der Waals surface area contributed by atoms with E-state index in [4.69, 9.17) is 4.43 Å². The summed E-state index contributed by atoms with van der Waals surface area (Å²) in [5, 5.41) is 10.1. The third-order valence-corrected chi connectivity index (χ3v) is 10.2. The van der Waals surface area contributed by atoms with Gasteiger partial charge in [-0.05, 0) is 18.1 Å². The zero-order valence-electron chi connectivity index (χ0n) is 10.2. The third kappa shape index (κ3) is 3.66. The molecule has 0 unspecified atom stereocenters. The highest BCUT2D eigenvalue weighted by Crippen LogP contribution is 2.40. The Labute approximate surface area is 102 Å². The van der Waals surface area contributed by atoms with Crippen LogP contribution in [0, 0.1) is 0 Å². The van der Waals surface area contributed by atoms with Gasteiger partial charge in [0.15, 0.2) is 8.32 Å². The molecule has 2 nitrogen and oxygen atoms in total. The highest BCUT2D eigenvalue weighted by atomic mass is 33.1. The first-order chi connectivity index (χ1) is 6.74. The van der Waals surface area contributed by atoms with Gasteiger partial charge in [0.1, 0.15) is 0 Å². The van der Waals surface area contributed by atoms with Crippen LogP contribution in [0.15, 0.2) is 0 Å². The van der Waals surface area contributed by atoms with E-state index in [1.807, 2.05) is 10.8 Å². The lowest BCUT2D eigenvalue weighted by molar-refractivity contribution is 0.0566. The molecule has 90 valence electrons. The van der Waals surface area contributed by atoms with E-state index >= 15 is 0 Å². The summed E-state index contributed by atoms with van der Waals surface area (Å²) in [6, 6.07) is 0. The highest BCUT2D eigenvalue weighted by molar-refractivity contribution is 8.76. The summed E-state index contributed by atoms with van der Waals surface area (Å²) in [5.41, 5.74) is 0. The molecule has 0 saturated carbocycles. The molecular formula is C10H22O2S2Si. The normalized spacial score (nSPS) is 29.2. The second kappa shape index (κ2) is 5.00. The number of aliphatic hydroxyl groups is 1. The minimum absolute atomic E-state index is 0.0390. The van der Waals surface area contributed by atoms with Crippen molar-refractivity contribution < 1.29 is 9.53 Å². The Hall–Kier alpha value is 0.837. The Morgan fingerprint density at radius 1 is 1.20 bits per heavy atom. The van der Waals surface area contributed by atoms with Gasteiger partial charge in [0, 0.05) is 11.5 Å². The van der Waals surface area contributed by atoms with Crippen molar-refractivity contribution in [3.63, 3.8) is 0 Å². The second-order valence-electron chi connectivity index (χ2n) is 5.55. The van der Waals surface area contributed by atoms with Gasteiger partial charge >= 0.3 is 0 Å². The number of hydrogen-bond donors (Lipinski definition) is 1. The van der Waals surface area contributed by atoms with E-state index in [1.165, 1.54) is 0 Å². The first-order valence-electron chi connectivity index (χ1n) is 5.34. The summed E-state index contributed by atoms with van der Waals surface area (Å²) in [7, 11) is 1.84. The Bertz CT molecular complexity index is 216. The molecule has 0 aromatic heterocycles. The van der Waals surface area contributed by atoms with Crippen molar-refractivity contribution in [2.24, 2.45) is 0 Å². The maximum absolute atomic E-state index is 9.86. The zero-order valence-corrected chi connectivity index (χ0v) is 12.9. The van der Waals surface area contributed by atoms with Crippen molar-refractivity contribution in [2.75, 3.05) is 11.5 Å². The van der Waals surface area contributed by atoms with E-state index in [-0.39, 0.29) is 17.2 Å². The molecule has 1 fully saturated rings. The molecule has 0 spiro atoms. The lowest BCUT2D eigenvalue weighted by Crippen LogP contribution is -2.49. The van der Waals surface area contributed by atoms with Crippen LogP contribution in [0.3, 0.4) is 0 Å². The standard InChI is InChI=1S/C10H22O2S2Si/c1-10(2,3)15(4,5)12-9-7-14-13-6-8(9)11/h8-9,11H,6-7H2,1-5H3/t8-,9-/m1/s1. The smallest absolute Gasteiger partial charge is 0.192 e. The largest absolute Gasteiger partial charge is 0.410 e. The van der Waals surface area contributed by atoms with E-state index < -0.39 is 8.32 Å². The predicted octanol–water partition coefficient (Wildman–Crippen LogP) is 3.13. The third-order valence-electron chi connectivity index (χ3n) is 3.24. The Morgan fingerprint density at radius 2 is 1.73 bits per heavy atom. The monoisotopic (exact) mass is 266 g/mol. The molecule has 0 bridgehead atoms. The summed E-state index contributed by atoms with van der Waals surface area (Å²) >= 11 is 0. The molecule has 1 aliphatic rings. The van der Waals surface area contributed by atoms with Crippen molar-refractivity contribution in [1.29, 1.82) is 0 Å². The summed E-state index contributed by atoms with van der Waals surface area (Å²) < 4.78 is 6.21. The molecule has 1 rings (SSSR count). The average molecular weight is 267 g/mol. The minimum Gasteiger partial charge on any atom is -0.410 e. The van der Waals surface area contributed by atoms with E-state index in [0.29, 0.717) is 0 Å². The van der Waals surface area contributed by atoms with Gasteiger partial charge in [0.25, 0.3) is 0 Å². The lowest BCUT2D eigenvalue weighted by atomic mass is 10.2. The molecule has 1 heterocycles. The molecule has 15 heavy (non-hydrogen) atoms. The van der Waals surface area contributed by atoms with Crippen molar-refractivity contribution in [3.05, 3.63) is 0 Å². The molecule has 0 radical (unpaired) electrons. The fourth-order valence-electron chi connectivity index (χ4n) is 1.12. The molecule has 0 aliphatic carbocycles. The van der Waals surface area contributed by atoms with Crippen LogP contribution in [0.5, 0.6) is 0 Å². The molecule has 2 atom stereocenters. The van der Waals surface area contributed by atoms with Crippen LogP contribution in [0.25, 0.3) is 0 Å².